The largest absolute Gasteiger partial charge is 0.277 e. The molecule has 0 aromatic heterocycles. The maximum Gasteiger partial charge on any atom is 0.0748 e. The van der Waals surface area contributed by atoms with Crippen LogP contribution in [0.4, 0.5) is 5.69 Å². The number of anilines is 1. The van der Waals surface area contributed by atoms with E-state index in [4.69, 9.17) is 23.2 Å². The normalized spacial score (nSPS) is 10.7. The lowest BCUT2D eigenvalue weighted by Crippen LogP contribution is -1.91. The quantitative estimate of drug-likeness (QED) is 0.644. The molecule has 0 unspecified atom stereocenters. The summed E-state index contributed by atoms with van der Waals surface area (Å²) in [5, 5.41) is 5.38. The van der Waals surface area contributed by atoms with Crippen molar-refractivity contribution in [2.75, 3.05) is 5.43 Å². The molecule has 1 N–H and O–H groups in total. The maximum absolute atomic E-state index is 5.99. The molecule has 0 saturated carbocycles. The first kappa shape index (κ1) is 12.0. The van der Waals surface area contributed by atoms with Crippen molar-refractivity contribution in [2.45, 2.75) is 0 Å². The minimum atomic E-state index is 0.629. The van der Waals surface area contributed by atoms with Crippen LogP contribution in [0.25, 0.3) is 0 Å². The molecule has 0 aliphatic heterocycles. The van der Waals surface area contributed by atoms with Crippen LogP contribution < -0.4 is 5.43 Å². The van der Waals surface area contributed by atoms with Gasteiger partial charge in [0.05, 0.1) is 16.9 Å². The van der Waals surface area contributed by atoms with Crippen molar-refractivity contribution in [1.29, 1.82) is 0 Å². The fraction of sp³-hybridized carbons (Fsp3) is 0. The minimum Gasteiger partial charge on any atom is -0.277 e. The first-order valence-electron chi connectivity index (χ1n) is 5.05. The van der Waals surface area contributed by atoms with Crippen LogP contribution >= 0.6 is 23.2 Å². The second-order valence-electron chi connectivity index (χ2n) is 3.37. The third-order valence-corrected chi connectivity index (χ3v) is 2.84. The van der Waals surface area contributed by atoms with Crippen molar-refractivity contribution in [3.63, 3.8) is 0 Å². The second kappa shape index (κ2) is 5.71. The van der Waals surface area contributed by atoms with Crippen LogP contribution in [-0.2, 0) is 0 Å². The molecule has 0 amide bonds. The van der Waals surface area contributed by atoms with Gasteiger partial charge in [0.15, 0.2) is 0 Å². The average Bonchev–Trinajstić information content (AvgIpc) is 2.34. The van der Waals surface area contributed by atoms with Crippen LogP contribution in [-0.4, -0.2) is 6.21 Å². The van der Waals surface area contributed by atoms with E-state index in [1.54, 1.807) is 12.3 Å². The fourth-order valence-electron chi connectivity index (χ4n) is 1.30. The molecule has 0 radical (unpaired) electrons. The van der Waals surface area contributed by atoms with Gasteiger partial charge in [-0.1, -0.05) is 53.5 Å². The van der Waals surface area contributed by atoms with Gasteiger partial charge >= 0.3 is 0 Å². The van der Waals surface area contributed by atoms with E-state index in [0.717, 1.165) is 11.3 Å². The Morgan fingerprint density at radius 1 is 0.882 bits per heavy atom. The predicted octanol–water partition coefficient (Wildman–Crippen LogP) is 4.44. The summed E-state index contributed by atoms with van der Waals surface area (Å²) in [5.41, 5.74) is 4.48. The summed E-state index contributed by atoms with van der Waals surface area (Å²) in [6.07, 6.45) is 1.66. The SMILES string of the molecule is Clc1ccccc1/C=N\Nc1ccccc1Cl. The van der Waals surface area contributed by atoms with E-state index < -0.39 is 0 Å². The molecule has 0 aliphatic rings. The van der Waals surface area contributed by atoms with Gasteiger partial charge in [-0.15, -0.1) is 0 Å². The van der Waals surface area contributed by atoms with E-state index in [0.29, 0.717) is 10.0 Å². The monoisotopic (exact) mass is 264 g/mol. The van der Waals surface area contributed by atoms with Crippen LogP contribution in [0.3, 0.4) is 0 Å². The predicted molar refractivity (Wildman–Crippen MR) is 74.1 cm³/mol. The molecular formula is C13H10Cl2N2. The summed E-state index contributed by atoms with van der Waals surface area (Å²) < 4.78 is 0. The molecule has 0 atom stereocenters. The highest BCUT2D eigenvalue weighted by Gasteiger charge is 1.96. The number of nitrogens with zero attached hydrogens (tertiary/aromatic N) is 1. The summed E-state index contributed by atoms with van der Waals surface area (Å²) in [4.78, 5) is 0. The molecule has 4 heteroatoms. The molecule has 2 rings (SSSR count). The first-order chi connectivity index (χ1) is 8.27. The van der Waals surface area contributed by atoms with Gasteiger partial charge < -0.3 is 0 Å². The Labute approximate surface area is 110 Å². The fourth-order valence-corrected chi connectivity index (χ4v) is 1.67. The zero-order chi connectivity index (χ0) is 12.1. The van der Waals surface area contributed by atoms with Crippen LogP contribution in [0.5, 0.6) is 0 Å². The van der Waals surface area contributed by atoms with E-state index in [1.165, 1.54) is 0 Å². The minimum absolute atomic E-state index is 0.629. The van der Waals surface area contributed by atoms with Crippen LogP contribution in [0.15, 0.2) is 53.6 Å². The number of nitrogens with one attached hydrogen (secondary N) is 1. The van der Waals surface area contributed by atoms with Gasteiger partial charge in [0.2, 0.25) is 0 Å². The molecule has 0 saturated heterocycles. The Morgan fingerprint density at radius 2 is 1.53 bits per heavy atom. The zero-order valence-electron chi connectivity index (χ0n) is 8.90. The standard InChI is InChI=1S/C13H10Cl2N2/c14-11-6-2-1-5-10(11)9-16-17-13-8-4-3-7-12(13)15/h1-9,17H/b16-9-. The van der Waals surface area contributed by atoms with Gasteiger partial charge in [-0.05, 0) is 18.2 Å². The molecular weight excluding hydrogens is 255 g/mol. The number of hydrogen-bond donors (Lipinski definition) is 1. The molecule has 0 spiro atoms. The Morgan fingerprint density at radius 3 is 2.24 bits per heavy atom. The zero-order valence-corrected chi connectivity index (χ0v) is 10.4. The molecule has 2 aromatic rings. The van der Waals surface area contributed by atoms with E-state index >= 15 is 0 Å². The Hall–Kier alpha value is -1.51. The van der Waals surface area contributed by atoms with E-state index in [-0.39, 0.29) is 0 Å². The number of hydrogen-bond acceptors (Lipinski definition) is 2. The van der Waals surface area contributed by atoms with Gasteiger partial charge in [-0.25, -0.2) is 0 Å². The average molecular weight is 265 g/mol. The Balaban J connectivity index is 2.09. The van der Waals surface area contributed by atoms with Gasteiger partial charge in [-0.3, -0.25) is 5.43 Å². The summed E-state index contributed by atoms with van der Waals surface area (Å²) in [7, 11) is 0. The van der Waals surface area contributed by atoms with Crippen molar-refractivity contribution < 1.29 is 0 Å². The molecule has 0 fully saturated rings. The molecule has 0 bridgehead atoms. The molecule has 2 aromatic carbocycles. The number of rotatable bonds is 3. The molecule has 2 nitrogen and oxygen atoms in total. The summed E-state index contributed by atoms with van der Waals surface area (Å²) in [6, 6.07) is 14.9. The van der Waals surface area contributed by atoms with Gasteiger partial charge in [0.25, 0.3) is 0 Å². The Kier molecular flexibility index (Phi) is 4.02. The molecule has 0 aliphatic carbocycles. The topological polar surface area (TPSA) is 24.4 Å². The molecule has 17 heavy (non-hydrogen) atoms. The van der Waals surface area contributed by atoms with Gasteiger partial charge in [0.1, 0.15) is 0 Å². The lowest BCUT2D eigenvalue weighted by Gasteiger charge is -2.02. The number of halogens is 2. The highest BCUT2D eigenvalue weighted by atomic mass is 35.5. The number of benzene rings is 2. The van der Waals surface area contributed by atoms with Crippen molar-refractivity contribution in [2.24, 2.45) is 5.10 Å². The number of hydrazone groups is 1. The van der Waals surface area contributed by atoms with E-state index in [9.17, 15) is 0 Å². The Bertz CT molecular complexity index is 538. The lowest BCUT2D eigenvalue weighted by atomic mass is 10.2. The first-order valence-corrected chi connectivity index (χ1v) is 5.81. The van der Waals surface area contributed by atoms with Crippen molar-refractivity contribution in [1.82, 2.24) is 0 Å². The molecule has 0 heterocycles. The second-order valence-corrected chi connectivity index (χ2v) is 4.19. The van der Waals surface area contributed by atoms with Crippen LogP contribution in [0.2, 0.25) is 10.0 Å². The maximum atomic E-state index is 5.99. The lowest BCUT2D eigenvalue weighted by molar-refractivity contribution is 1.35. The summed E-state index contributed by atoms with van der Waals surface area (Å²) >= 11 is 12.0. The number of para-hydroxylation sites is 1. The van der Waals surface area contributed by atoms with Crippen LogP contribution in [0, 0.1) is 0 Å². The third-order valence-electron chi connectivity index (χ3n) is 2.17. The van der Waals surface area contributed by atoms with Crippen LogP contribution in [0.1, 0.15) is 5.56 Å². The smallest absolute Gasteiger partial charge is 0.0748 e. The third kappa shape index (κ3) is 3.22. The van der Waals surface area contributed by atoms with Crippen molar-refractivity contribution in [3.05, 3.63) is 64.1 Å². The van der Waals surface area contributed by atoms with Crippen molar-refractivity contribution >= 4 is 35.1 Å². The van der Waals surface area contributed by atoms with Gasteiger partial charge in [-0.2, -0.15) is 5.10 Å². The summed E-state index contributed by atoms with van der Waals surface area (Å²) in [6.45, 7) is 0. The highest BCUT2D eigenvalue weighted by Crippen LogP contribution is 2.20. The van der Waals surface area contributed by atoms with E-state index in [1.807, 2.05) is 42.5 Å². The van der Waals surface area contributed by atoms with E-state index in [2.05, 4.69) is 10.5 Å². The van der Waals surface area contributed by atoms with Gasteiger partial charge in [0, 0.05) is 10.6 Å². The highest BCUT2D eigenvalue weighted by molar-refractivity contribution is 6.33. The summed E-state index contributed by atoms with van der Waals surface area (Å²) in [5.74, 6) is 0. The van der Waals surface area contributed by atoms with Crippen molar-refractivity contribution in [3.8, 4) is 0 Å². The molecule has 86 valence electrons.